The van der Waals surface area contributed by atoms with E-state index in [0.29, 0.717) is 6.54 Å². The molecule has 1 aromatic heterocycles. The van der Waals surface area contributed by atoms with Crippen molar-refractivity contribution in [2.45, 2.75) is 37.1 Å². The van der Waals surface area contributed by atoms with E-state index in [-0.39, 0.29) is 10.9 Å². The number of rotatable bonds is 5. The molecule has 1 aromatic rings. The van der Waals surface area contributed by atoms with Gasteiger partial charge in [-0.2, -0.15) is 5.10 Å². The molecule has 1 atom stereocenters. The quantitative estimate of drug-likeness (QED) is 0.821. The van der Waals surface area contributed by atoms with Gasteiger partial charge in [-0.15, -0.1) is 0 Å². The van der Waals surface area contributed by atoms with Crippen LogP contribution < -0.4 is 4.72 Å². The average Bonchev–Trinajstić information content (AvgIpc) is 2.92. The smallest absolute Gasteiger partial charge is 0.243 e. The lowest BCUT2D eigenvalue weighted by Gasteiger charge is -2.32. The van der Waals surface area contributed by atoms with Gasteiger partial charge in [0.05, 0.1) is 6.20 Å². The maximum Gasteiger partial charge on any atom is 0.243 e. The fourth-order valence-electron chi connectivity index (χ4n) is 2.19. The molecule has 0 radical (unpaired) electrons. The van der Waals surface area contributed by atoms with Crippen LogP contribution in [0.3, 0.4) is 0 Å². The van der Waals surface area contributed by atoms with Crippen molar-refractivity contribution in [2.24, 2.45) is 0 Å². The normalized spacial score (nSPS) is 19.8. The molecule has 0 aromatic carbocycles. The lowest BCUT2D eigenvalue weighted by Crippen LogP contribution is -2.44. The van der Waals surface area contributed by atoms with Gasteiger partial charge in [0.15, 0.2) is 0 Å². The van der Waals surface area contributed by atoms with Gasteiger partial charge in [0.2, 0.25) is 10.0 Å². The van der Waals surface area contributed by atoms with Crippen LogP contribution in [0.1, 0.15) is 26.2 Å². The summed E-state index contributed by atoms with van der Waals surface area (Å²) < 4.78 is 26.4. The summed E-state index contributed by atoms with van der Waals surface area (Å²) in [4.78, 5) is 2.52. The summed E-state index contributed by atoms with van der Waals surface area (Å²) in [6.45, 7) is 4.62. The molecule has 6 nitrogen and oxygen atoms in total. The first kappa shape index (κ1) is 13.5. The minimum absolute atomic E-state index is 0.188. The molecule has 0 saturated carbocycles. The third-order valence-electron chi connectivity index (χ3n) is 3.37. The standard InChI is InChI=1S/C11H20N4O2S/c1-10(15-5-3-2-4-6-15)7-14-18(16,17)11-8-12-13-9-11/h8-10,14H,2-7H2,1H3,(H,12,13). The van der Waals surface area contributed by atoms with E-state index in [9.17, 15) is 8.42 Å². The molecule has 2 N–H and O–H groups in total. The predicted octanol–water partition coefficient (Wildman–Crippen LogP) is 0.562. The molecular weight excluding hydrogens is 252 g/mol. The third-order valence-corrected chi connectivity index (χ3v) is 4.76. The van der Waals surface area contributed by atoms with Gasteiger partial charge in [0.25, 0.3) is 0 Å². The van der Waals surface area contributed by atoms with Crippen molar-refractivity contribution in [3.8, 4) is 0 Å². The van der Waals surface area contributed by atoms with Crippen LogP contribution in [0.4, 0.5) is 0 Å². The van der Waals surface area contributed by atoms with Crippen LogP contribution in [0.5, 0.6) is 0 Å². The molecule has 0 aliphatic carbocycles. The van der Waals surface area contributed by atoms with Crippen molar-refractivity contribution in [2.75, 3.05) is 19.6 Å². The Balaban J connectivity index is 1.87. The van der Waals surface area contributed by atoms with Crippen molar-refractivity contribution < 1.29 is 8.42 Å². The highest BCUT2D eigenvalue weighted by Crippen LogP contribution is 2.12. The van der Waals surface area contributed by atoms with E-state index in [4.69, 9.17) is 0 Å². The molecule has 0 spiro atoms. The first-order valence-corrected chi connectivity index (χ1v) is 7.80. The molecule has 1 aliphatic rings. The Morgan fingerprint density at radius 1 is 1.44 bits per heavy atom. The Hall–Kier alpha value is -0.920. The third kappa shape index (κ3) is 3.30. The Morgan fingerprint density at radius 2 is 2.17 bits per heavy atom. The summed E-state index contributed by atoms with van der Waals surface area (Å²) in [5.41, 5.74) is 0. The molecule has 1 saturated heterocycles. The molecule has 2 heterocycles. The topological polar surface area (TPSA) is 78.1 Å². The summed E-state index contributed by atoms with van der Waals surface area (Å²) >= 11 is 0. The van der Waals surface area contributed by atoms with E-state index in [1.165, 1.54) is 31.7 Å². The number of hydrogen-bond acceptors (Lipinski definition) is 4. The summed E-state index contributed by atoms with van der Waals surface area (Å²) in [5, 5.41) is 6.16. The molecule has 1 unspecified atom stereocenters. The second-order valence-electron chi connectivity index (χ2n) is 4.73. The number of piperidine rings is 1. The highest BCUT2D eigenvalue weighted by atomic mass is 32.2. The lowest BCUT2D eigenvalue weighted by molar-refractivity contribution is 0.175. The van der Waals surface area contributed by atoms with Crippen LogP contribution in [0, 0.1) is 0 Å². The maximum absolute atomic E-state index is 11.9. The Morgan fingerprint density at radius 3 is 2.78 bits per heavy atom. The minimum Gasteiger partial charge on any atom is -0.299 e. The Kier molecular flexibility index (Phi) is 4.36. The van der Waals surface area contributed by atoms with Crippen molar-refractivity contribution in [3.05, 3.63) is 12.4 Å². The van der Waals surface area contributed by atoms with Gasteiger partial charge in [0.1, 0.15) is 4.90 Å². The molecular formula is C11H20N4O2S. The van der Waals surface area contributed by atoms with E-state index in [1.54, 1.807) is 0 Å². The first-order chi connectivity index (χ1) is 8.59. The number of sulfonamides is 1. The SMILES string of the molecule is CC(CNS(=O)(=O)c1cn[nH]c1)N1CCCCC1. The van der Waals surface area contributed by atoms with Gasteiger partial charge in [-0.1, -0.05) is 6.42 Å². The van der Waals surface area contributed by atoms with E-state index in [2.05, 4.69) is 26.7 Å². The molecule has 18 heavy (non-hydrogen) atoms. The Labute approximate surface area is 108 Å². The maximum atomic E-state index is 11.9. The van der Waals surface area contributed by atoms with E-state index >= 15 is 0 Å². The van der Waals surface area contributed by atoms with Crippen molar-refractivity contribution in [3.63, 3.8) is 0 Å². The number of hydrogen-bond donors (Lipinski definition) is 2. The minimum atomic E-state index is -3.42. The number of aromatic nitrogens is 2. The zero-order chi connectivity index (χ0) is 13.0. The Bertz CT molecular complexity index is 451. The van der Waals surface area contributed by atoms with Crippen LogP contribution in [0.25, 0.3) is 0 Å². The van der Waals surface area contributed by atoms with Gasteiger partial charge in [0, 0.05) is 18.8 Å². The number of aromatic amines is 1. The molecule has 0 amide bonds. The van der Waals surface area contributed by atoms with Gasteiger partial charge in [-0.25, -0.2) is 13.1 Å². The fourth-order valence-corrected chi connectivity index (χ4v) is 3.21. The highest BCUT2D eigenvalue weighted by Gasteiger charge is 2.20. The van der Waals surface area contributed by atoms with Crippen LogP contribution in [-0.2, 0) is 10.0 Å². The van der Waals surface area contributed by atoms with Crippen LogP contribution in [-0.4, -0.2) is 49.2 Å². The zero-order valence-electron chi connectivity index (χ0n) is 10.6. The van der Waals surface area contributed by atoms with Crippen LogP contribution in [0.2, 0.25) is 0 Å². The molecule has 7 heteroatoms. The van der Waals surface area contributed by atoms with Crippen LogP contribution in [0.15, 0.2) is 17.3 Å². The average molecular weight is 272 g/mol. The number of likely N-dealkylation sites (tertiary alicyclic amines) is 1. The molecule has 1 fully saturated rings. The van der Waals surface area contributed by atoms with Crippen molar-refractivity contribution >= 4 is 10.0 Å². The van der Waals surface area contributed by atoms with E-state index < -0.39 is 10.0 Å². The summed E-state index contributed by atoms with van der Waals surface area (Å²) in [6.07, 6.45) is 6.39. The molecule has 102 valence electrons. The molecule has 0 bridgehead atoms. The summed E-state index contributed by atoms with van der Waals surface area (Å²) in [6, 6.07) is 0.229. The highest BCUT2D eigenvalue weighted by molar-refractivity contribution is 7.89. The van der Waals surface area contributed by atoms with E-state index in [1.807, 2.05) is 0 Å². The summed E-state index contributed by atoms with van der Waals surface area (Å²) in [7, 11) is -3.42. The molecule has 2 rings (SSSR count). The first-order valence-electron chi connectivity index (χ1n) is 6.32. The van der Waals surface area contributed by atoms with Gasteiger partial charge < -0.3 is 0 Å². The van der Waals surface area contributed by atoms with Gasteiger partial charge in [-0.05, 0) is 32.9 Å². The fraction of sp³-hybridized carbons (Fsp3) is 0.727. The largest absolute Gasteiger partial charge is 0.299 e. The second-order valence-corrected chi connectivity index (χ2v) is 6.50. The second kappa shape index (κ2) is 5.81. The van der Waals surface area contributed by atoms with Gasteiger partial charge in [-0.3, -0.25) is 10.00 Å². The van der Waals surface area contributed by atoms with Gasteiger partial charge >= 0.3 is 0 Å². The number of nitrogens with zero attached hydrogens (tertiary/aromatic N) is 2. The van der Waals surface area contributed by atoms with Crippen molar-refractivity contribution in [1.29, 1.82) is 0 Å². The van der Waals surface area contributed by atoms with Crippen molar-refractivity contribution in [1.82, 2.24) is 19.8 Å². The lowest BCUT2D eigenvalue weighted by atomic mass is 10.1. The van der Waals surface area contributed by atoms with E-state index in [0.717, 1.165) is 13.1 Å². The zero-order valence-corrected chi connectivity index (χ0v) is 11.4. The number of nitrogens with one attached hydrogen (secondary N) is 2. The summed E-state index contributed by atoms with van der Waals surface area (Å²) in [5.74, 6) is 0. The predicted molar refractivity (Wildman–Crippen MR) is 68.7 cm³/mol. The molecule has 1 aliphatic heterocycles. The number of H-pyrrole nitrogens is 1. The van der Waals surface area contributed by atoms with Crippen LogP contribution >= 0.6 is 0 Å². The monoisotopic (exact) mass is 272 g/mol.